The van der Waals surface area contributed by atoms with Gasteiger partial charge < -0.3 is 0 Å². The number of aryl methyl sites for hydroxylation is 2. The third-order valence-electron chi connectivity index (χ3n) is 2.08. The molecule has 0 unspecified atom stereocenters. The number of nitrogens with one attached hydrogen (secondary N) is 2. The smallest absolute Gasteiger partial charge is 0.248 e. The Morgan fingerprint density at radius 3 is 2.59 bits per heavy atom. The van der Waals surface area contributed by atoms with E-state index in [9.17, 15) is 9.59 Å². The molecule has 0 heterocycles. The van der Waals surface area contributed by atoms with E-state index in [1.54, 1.807) is 0 Å². The second-order valence-corrected chi connectivity index (χ2v) is 4.80. The van der Waals surface area contributed by atoms with Crippen LogP contribution in [0.25, 0.3) is 0 Å². The van der Waals surface area contributed by atoms with Gasteiger partial charge in [0.25, 0.3) is 0 Å². The number of hydrogen-bond donors (Lipinski definition) is 2. The first-order valence-electron chi connectivity index (χ1n) is 5.24. The normalized spacial score (nSPS) is 9.82. The summed E-state index contributed by atoms with van der Waals surface area (Å²) in [5, 5.41) is 0. The fourth-order valence-electron chi connectivity index (χ4n) is 1.20. The van der Waals surface area contributed by atoms with Crippen molar-refractivity contribution >= 4 is 23.6 Å². The molecule has 0 fully saturated rings. The van der Waals surface area contributed by atoms with Gasteiger partial charge in [-0.3, -0.25) is 20.4 Å². The zero-order valence-electron chi connectivity index (χ0n) is 10.2. The minimum Gasteiger partial charge on any atom is -0.274 e. The zero-order valence-corrected chi connectivity index (χ0v) is 11.0. The molecule has 1 aromatic carbocycles. The fraction of sp³-hybridized carbons (Fsp3) is 0.333. The number of carbonyl (C=O) groups is 2. The van der Waals surface area contributed by atoms with Gasteiger partial charge in [0.15, 0.2) is 0 Å². The van der Waals surface area contributed by atoms with Crippen LogP contribution in [0.2, 0.25) is 0 Å². The second-order valence-electron chi connectivity index (χ2n) is 3.79. The maximum atomic E-state index is 11.4. The SMILES string of the molecule is CC(=O)NNC(=O)CSc1cc(C)ccc1C. The number of thioether (sulfide) groups is 1. The molecule has 5 heteroatoms. The molecule has 1 aromatic rings. The summed E-state index contributed by atoms with van der Waals surface area (Å²) in [6.45, 7) is 5.37. The Morgan fingerprint density at radius 2 is 1.94 bits per heavy atom. The van der Waals surface area contributed by atoms with Gasteiger partial charge in [-0.2, -0.15) is 0 Å². The summed E-state index contributed by atoms with van der Waals surface area (Å²) >= 11 is 1.46. The van der Waals surface area contributed by atoms with Crippen LogP contribution in [0.4, 0.5) is 0 Å². The van der Waals surface area contributed by atoms with Gasteiger partial charge in [-0.25, -0.2) is 0 Å². The standard InChI is InChI=1S/C12H16N2O2S/c1-8-4-5-9(2)11(6-8)17-7-12(16)14-13-10(3)15/h4-6H,7H2,1-3H3,(H,13,15)(H,14,16). The quantitative estimate of drug-likeness (QED) is 0.634. The lowest BCUT2D eigenvalue weighted by Crippen LogP contribution is -2.41. The van der Waals surface area contributed by atoms with Crippen molar-refractivity contribution in [2.75, 3.05) is 5.75 Å². The average Bonchev–Trinajstić information content (AvgIpc) is 2.27. The number of hydrogen-bond acceptors (Lipinski definition) is 3. The van der Waals surface area contributed by atoms with Crippen LogP contribution in [0.15, 0.2) is 23.1 Å². The molecule has 17 heavy (non-hydrogen) atoms. The molecular weight excluding hydrogens is 236 g/mol. The van der Waals surface area contributed by atoms with E-state index >= 15 is 0 Å². The Morgan fingerprint density at radius 1 is 1.24 bits per heavy atom. The number of carbonyl (C=O) groups excluding carboxylic acids is 2. The van der Waals surface area contributed by atoms with E-state index in [1.807, 2.05) is 32.0 Å². The van der Waals surface area contributed by atoms with Crippen LogP contribution >= 0.6 is 11.8 Å². The van der Waals surface area contributed by atoms with Crippen LogP contribution in [-0.4, -0.2) is 17.6 Å². The van der Waals surface area contributed by atoms with Crippen molar-refractivity contribution < 1.29 is 9.59 Å². The molecule has 1 rings (SSSR count). The molecule has 0 aliphatic carbocycles. The minimum atomic E-state index is -0.282. The highest BCUT2D eigenvalue weighted by atomic mass is 32.2. The minimum absolute atomic E-state index is 0.217. The molecule has 0 spiro atoms. The largest absolute Gasteiger partial charge is 0.274 e. The third kappa shape index (κ3) is 4.91. The van der Waals surface area contributed by atoms with Gasteiger partial charge in [-0.05, 0) is 25.5 Å². The van der Waals surface area contributed by atoms with E-state index in [2.05, 4.69) is 10.9 Å². The Kier molecular flexibility index (Phi) is 5.03. The summed E-state index contributed by atoms with van der Waals surface area (Å²) in [5.41, 5.74) is 6.90. The second kappa shape index (κ2) is 6.30. The summed E-state index contributed by atoms with van der Waals surface area (Å²) in [6, 6.07) is 6.12. The summed E-state index contributed by atoms with van der Waals surface area (Å²) in [6.07, 6.45) is 0. The van der Waals surface area contributed by atoms with Crippen LogP contribution in [-0.2, 0) is 9.59 Å². The predicted molar refractivity (Wildman–Crippen MR) is 68.6 cm³/mol. The van der Waals surface area contributed by atoms with E-state index in [4.69, 9.17) is 0 Å². The summed E-state index contributed by atoms with van der Waals surface area (Å²) < 4.78 is 0. The number of benzene rings is 1. The van der Waals surface area contributed by atoms with Gasteiger partial charge >= 0.3 is 0 Å². The molecule has 0 aliphatic rings. The molecule has 4 nitrogen and oxygen atoms in total. The van der Waals surface area contributed by atoms with Gasteiger partial charge in [-0.1, -0.05) is 17.7 Å². The van der Waals surface area contributed by atoms with Crippen molar-refractivity contribution in [2.24, 2.45) is 0 Å². The molecule has 0 saturated heterocycles. The maximum Gasteiger partial charge on any atom is 0.248 e. The van der Waals surface area contributed by atoms with Crippen LogP contribution in [0.3, 0.4) is 0 Å². The molecule has 0 aromatic heterocycles. The topological polar surface area (TPSA) is 58.2 Å². The molecule has 0 saturated carbocycles. The molecule has 0 radical (unpaired) electrons. The van der Waals surface area contributed by atoms with Crippen molar-refractivity contribution in [1.82, 2.24) is 10.9 Å². The van der Waals surface area contributed by atoms with Gasteiger partial charge in [0, 0.05) is 11.8 Å². The van der Waals surface area contributed by atoms with Crippen molar-refractivity contribution in [1.29, 1.82) is 0 Å². The molecule has 92 valence electrons. The van der Waals surface area contributed by atoms with Gasteiger partial charge in [-0.15, -0.1) is 11.8 Å². The number of rotatable bonds is 3. The number of amides is 2. The highest BCUT2D eigenvalue weighted by Crippen LogP contribution is 2.23. The zero-order chi connectivity index (χ0) is 12.8. The lowest BCUT2D eigenvalue weighted by molar-refractivity contribution is -0.126. The summed E-state index contributed by atoms with van der Waals surface area (Å²) in [7, 11) is 0. The molecule has 0 atom stereocenters. The van der Waals surface area contributed by atoms with Crippen molar-refractivity contribution in [3.63, 3.8) is 0 Å². The Bertz CT molecular complexity index is 433. The van der Waals surface area contributed by atoms with Crippen LogP contribution < -0.4 is 10.9 Å². The predicted octanol–water partition coefficient (Wildman–Crippen LogP) is 1.56. The first kappa shape index (κ1) is 13.6. The molecule has 2 N–H and O–H groups in total. The maximum absolute atomic E-state index is 11.4. The first-order valence-corrected chi connectivity index (χ1v) is 6.23. The van der Waals surface area contributed by atoms with E-state index in [1.165, 1.54) is 24.2 Å². The van der Waals surface area contributed by atoms with E-state index in [-0.39, 0.29) is 17.6 Å². The Hall–Kier alpha value is -1.49. The molecular formula is C12H16N2O2S. The van der Waals surface area contributed by atoms with E-state index < -0.39 is 0 Å². The van der Waals surface area contributed by atoms with Crippen molar-refractivity contribution in [3.05, 3.63) is 29.3 Å². The number of hydrazine groups is 1. The molecule has 0 aliphatic heterocycles. The Labute approximate surface area is 105 Å². The molecule has 0 bridgehead atoms. The molecule has 2 amide bonds. The highest BCUT2D eigenvalue weighted by molar-refractivity contribution is 8.00. The third-order valence-corrected chi connectivity index (χ3v) is 3.24. The fourth-order valence-corrected chi connectivity index (χ4v) is 2.12. The van der Waals surface area contributed by atoms with Crippen LogP contribution in [0.5, 0.6) is 0 Å². The summed E-state index contributed by atoms with van der Waals surface area (Å²) in [5.74, 6) is -0.217. The lowest BCUT2D eigenvalue weighted by atomic mass is 10.2. The monoisotopic (exact) mass is 252 g/mol. The Balaban J connectivity index is 2.47. The van der Waals surface area contributed by atoms with Gasteiger partial charge in [0.2, 0.25) is 11.8 Å². The average molecular weight is 252 g/mol. The highest BCUT2D eigenvalue weighted by Gasteiger charge is 2.05. The van der Waals surface area contributed by atoms with Crippen molar-refractivity contribution in [3.8, 4) is 0 Å². The first-order chi connectivity index (χ1) is 7.99. The van der Waals surface area contributed by atoms with Crippen molar-refractivity contribution in [2.45, 2.75) is 25.7 Å². The van der Waals surface area contributed by atoms with Crippen LogP contribution in [0.1, 0.15) is 18.1 Å². The lowest BCUT2D eigenvalue weighted by Gasteiger charge is -2.07. The van der Waals surface area contributed by atoms with Gasteiger partial charge in [0.05, 0.1) is 5.75 Å². The van der Waals surface area contributed by atoms with E-state index in [0.717, 1.165) is 10.5 Å². The summed E-state index contributed by atoms with van der Waals surface area (Å²) in [4.78, 5) is 23.0. The van der Waals surface area contributed by atoms with Gasteiger partial charge in [0.1, 0.15) is 0 Å². The van der Waals surface area contributed by atoms with E-state index in [0.29, 0.717) is 0 Å². The van der Waals surface area contributed by atoms with Crippen LogP contribution in [0, 0.1) is 13.8 Å².